The molecule has 0 saturated carbocycles. The Balaban J connectivity index is 1.67. The molecule has 128 valence electrons. The maximum Gasteiger partial charge on any atom is 0.244 e. The van der Waals surface area contributed by atoms with Gasteiger partial charge in [-0.3, -0.25) is 0 Å². The van der Waals surface area contributed by atoms with Crippen LogP contribution < -0.4 is 20.1 Å². The zero-order valence-corrected chi connectivity index (χ0v) is 13.8. The Morgan fingerprint density at radius 2 is 2.21 bits per heavy atom. The predicted molar refractivity (Wildman–Crippen MR) is 90.1 cm³/mol. The van der Waals surface area contributed by atoms with Crippen molar-refractivity contribution < 1.29 is 14.2 Å². The molecule has 0 bridgehead atoms. The van der Waals surface area contributed by atoms with Crippen LogP contribution in [0.15, 0.2) is 24.4 Å². The summed E-state index contributed by atoms with van der Waals surface area (Å²) in [5, 5.41) is 14.3. The van der Waals surface area contributed by atoms with Crippen LogP contribution in [0, 0.1) is 0 Å². The molecule has 8 heteroatoms. The molecule has 1 aliphatic rings. The van der Waals surface area contributed by atoms with Crippen molar-refractivity contribution in [2.75, 3.05) is 38.0 Å². The van der Waals surface area contributed by atoms with E-state index in [9.17, 15) is 0 Å². The van der Waals surface area contributed by atoms with Crippen LogP contribution in [0.4, 0.5) is 17.5 Å². The van der Waals surface area contributed by atoms with Gasteiger partial charge in [-0.15, -0.1) is 5.10 Å². The van der Waals surface area contributed by atoms with Gasteiger partial charge in [0.15, 0.2) is 5.82 Å². The molecule has 2 aromatic rings. The molecule has 0 radical (unpaired) electrons. The van der Waals surface area contributed by atoms with Crippen molar-refractivity contribution in [3.63, 3.8) is 0 Å². The van der Waals surface area contributed by atoms with Gasteiger partial charge in [0.25, 0.3) is 0 Å². The highest BCUT2D eigenvalue weighted by Gasteiger charge is 2.15. The molecule has 24 heavy (non-hydrogen) atoms. The standard InChI is InChI=1S/C16H21N5O3/c1-22-11-5-6-13(14(8-11)23-2)19-15-10-18-21-16(20-15)17-9-12-4-3-7-24-12/h5-6,8,10,12H,3-4,7,9H2,1-2H3,(H2,17,19,20,21). The van der Waals surface area contributed by atoms with Crippen LogP contribution in [0.5, 0.6) is 11.5 Å². The summed E-state index contributed by atoms with van der Waals surface area (Å²) in [6, 6.07) is 5.50. The molecule has 1 atom stereocenters. The number of benzene rings is 1. The Hall–Kier alpha value is -2.61. The Morgan fingerprint density at radius 3 is 2.96 bits per heavy atom. The summed E-state index contributed by atoms with van der Waals surface area (Å²) < 4.78 is 16.1. The minimum atomic E-state index is 0.215. The van der Waals surface area contributed by atoms with E-state index >= 15 is 0 Å². The molecular formula is C16H21N5O3. The van der Waals surface area contributed by atoms with Crippen LogP contribution in [-0.4, -0.2) is 48.7 Å². The second kappa shape index (κ2) is 7.78. The molecule has 8 nitrogen and oxygen atoms in total. The number of rotatable bonds is 7. The van der Waals surface area contributed by atoms with E-state index in [0.717, 1.165) is 30.9 Å². The second-order valence-corrected chi connectivity index (χ2v) is 5.37. The van der Waals surface area contributed by atoms with Crippen LogP contribution in [0.3, 0.4) is 0 Å². The first-order chi connectivity index (χ1) is 11.8. The summed E-state index contributed by atoms with van der Waals surface area (Å²) in [4.78, 5) is 4.41. The molecule has 1 aromatic carbocycles. The zero-order valence-electron chi connectivity index (χ0n) is 13.8. The summed E-state index contributed by atoms with van der Waals surface area (Å²) >= 11 is 0. The molecule has 0 amide bonds. The molecule has 0 aliphatic carbocycles. The van der Waals surface area contributed by atoms with Crippen molar-refractivity contribution in [1.82, 2.24) is 15.2 Å². The monoisotopic (exact) mass is 331 g/mol. The third kappa shape index (κ3) is 4.02. The van der Waals surface area contributed by atoms with Crippen molar-refractivity contribution in [3.8, 4) is 11.5 Å². The number of ether oxygens (including phenoxy) is 3. The maximum atomic E-state index is 5.57. The first-order valence-electron chi connectivity index (χ1n) is 7.82. The fraction of sp³-hybridized carbons (Fsp3) is 0.438. The van der Waals surface area contributed by atoms with Gasteiger partial charge in [0.1, 0.15) is 11.5 Å². The number of nitrogens with one attached hydrogen (secondary N) is 2. The Morgan fingerprint density at radius 1 is 1.29 bits per heavy atom. The van der Waals surface area contributed by atoms with Crippen molar-refractivity contribution >= 4 is 17.5 Å². The third-order valence-corrected chi connectivity index (χ3v) is 3.74. The van der Waals surface area contributed by atoms with E-state index in [4.69, 9.17) is 14.2 Å². The second-order valence-electron chi connectivity index (χ2n) is 5.37. The van der Waals surface area contributed by atoms with Crippen molar-refractivity contribution in [1.29, 1.82) is 0 Å². The number of anilines is 3. The molecule has 1 saturated heterocycles. The van der Waals surface area contributed by atoms with Gasteiger partial charge in [0.05, 0.1) is 32.2 Å². The highest BCUT2D eigenvalue weighted by molar-refractivity contribution is 5.65. The van der Waals surface area contributed by atoms with Crippen LogP contribution in [0.25, 0.3) is 0 Å². The lowest BCUT2D eigenvalue weighted by Crippen LogP contribution is -2.20. The number of aromatic nitrogens is 3. The van der Waals surface area contributed by atoms with Gasteiger partial charge >= 0.3 is 0 Å². The van der Waals surface area contributed by atoms with Gasteiger partial charge < -0.3 is 24.8 Å². The van der Waals surface area contributed by atoms with E-state index in [-0.39, 0.29) is 6.10 Å². The minimum absolute atomic E-state index is 0.215. The average molecular weight is 331 g/mol. The SMILES string of the molecule is COc1ccc(Nc2cnnc(NCC3CCCO3)n2)c(OC)c1. The topological polar surface area (TPSA) is 90.4 Å². The van der Waals surface area contributed by atoms with E-state index in [2.05, 4.69) is 25.8 Å². The van der Waals surface area contributed by atoms with E-state index in [1.807, 2.05) is 12.1 Å². The first-order valence-corrected chi connectivity index (χ1v) is 7.82. The van der Waals surface area contributed by atoms with Crippen LogP contribution in [0.1, 0.15) is 12.8 Å². The molecule has 0 spiro atoms. The number of hydrogen-bond acceptors (Lipinski definition) is 8. The lowest BCUT2D eigenvalue weighted by molar-refractivity contribution is 0.120. The minimum Gasteiger partial charge on any atom is -0.497 e. The van der Waals surface area contributed by atoms with Gasteiger partial charge in [-0.05, 0) is 25.0 Å². The Labute approximate surface area is 140 Å². The molecule has 2 N–H and O–H groups in total. The van der Waals surface area contributed by atoms with Crippen LogP contribution in [-0.2, 0) is 4.74 Å². The van der Waals surface area contributed by atoms with E-state index < -0.39 is 0 Å². The molecule has 1 fully saturated rings. The lowest BCUT2D eigenvalue weighted by atomic mass is 10.2. The summed E-state index contributed by atoms with van der Waals surface area (Å²) in [7, 11) is 3.22. The molecule has 1 aromatic heterocycles. The molecule has 1 aliphatic heterocycles. The van der Waals surface area contributed by atoms with Crippen molar-refractivity contribution in [2.24, 2.45) is 0 Å². The summed E-state index contributed by atoms with van der Waals surface area (Å²) in [6.45, 7) is 1.50. The quantitative estimate of drug-likeness (QED) is 0.798. The summed E-state index contributed by atoms with van der Waals surface area (Å²) in [5.41, 5.74) is 0.767. The lowest BCUT2D eigenvalue weighted by Gasteiger charge is -2.13. The number of hydrogen-bond donors (Lipinski definition) is 2. The van der Waals surface area contributed by atoms with E-state index in [0.29, 0.717) is 24.1 Å². The van der Waals surface area contributed by atoms with Crippen molar-refractivity contribution in [3.05, 3.63) is 24.4 Å². The maximum absolute atomic E-state index is 5.57. The highest BCUT2D eigenvalue weighted by atomic mass is 16.5. The fourth-order valence-corrected chi connectivity index (χ4v) is 2.49. The van der Waals surface area contributed by atoms with Gasteiger partial charge in [0.2, 0.25) is 5.95 Å². The fourth-order valence-electron chi connectivity index (χ4n) is 2.49. The smallest absolute Gasteiger partial charge is 0.244 e. The van der Waals surface area contributed by atoms with Crippen LogP contribution in [0.2, 0.25) is 0 Å². The Bertz CT molecular complexity index is 677. The first kappa shape index (κ1) is 16.3. The van der Waals surface area contributed by atoms with E-state index in [1.54, 1.807) is 26.5 Å². The van der Waals surface area contributed by atoms with Gasteiger partial charge in [0, 0.05) is 19.2 Å². The molecule has 3 rings (SSSR count). The van der Waals surface area contributed by atoms with Gasteiger partial charge in [-0.25, -0.2) is 0 Å². The number of nitrogens with zero attached hydrogens (tertiary/aromatic N) is 3. The molecule has 1 unspecified atom stereocenters. The largest absolute Gasteiger partial charge is 0.497 e. The van der Waals surface area contributed by atoms with Crippen LogP contribution >= 0.6 is 0 Å². The van der Waals surface area contributed by atoms with Crippen molar-refractivity contribution in [2.45, 2.75) is 18.9 Å². The third-order valence-electron chi connectivity index (χ3n) is 3.74. The van der Waals surface area contributed by atoms with Gasteiger partial charge in [-0.2, -0.15) is 10.1 Å². The average Bonchev–Trinajstić information content (AvgIpc) is 3.14. The molecule has 2 heterocycles. The predicted octanol–water partition coefficient (Wildman–Crippen LogP) is 2.22. The summed E-state index contributed by atoms with van der Waals surface area (Å²) in [5.74, 6) is 2.41. The number of methoxy groups -OCH3 is 2. The normalized spacial score (nSPS) is 16.7. The Kier molecular flexibility index (Phi) is 5.27. The van der Waals surface area contributed by atoms with Gasteiger partial charge in [-0.1, -0.05) is 0 Å². The highest BCUT2D eigenvalue weighted by Crippen LogP contribution is 2.30. The summed E-state index contributed by atoms with van der Waals surface area (Å²) in [6.07, 6.45) is 3.93. The molecular weight excluding hydrogens is 310 g/mol. The van der Waals surface area contributed by atoms with E-state index in [1.165, 1.54) is 0 Å². The zero-order chi connectivity index (χ0) is 16.8.